The van der Waals surface area contributed by atoms with E-state index < -0.39 is 77.8 Å². The van der Waals surface area contributed by atoms with Crippen LogP contribution >= 0.6 is 0 Å². The van der Waals surface area contributed by atoms with Gasteiger partial charge in [0.15, 0.2) is 11.8 Å². The van der Waals surface area contributed by atoms with Gasteiger partial charge in [0, 0.05) is 25.7 Å². The highest BCUT2D eigenvalue weighted by Gasteiger charge is 2.76. The van der Waals surface area contributed by atoms with Crippen LogP contribution in [0.25, 0.3) is 6.08 Å². The molecule has 1 aromatic rings. The Morgan fingerprint density at radius 1 is 0.968 bits per heavy atom. The van der Waals surface area contributed by atoms with Crippen LogP contribution in [0.5, 0.6) is 0 Å². The molecule has 7 aliphatic rings. The second-order valence-corrected chi connectivity index (χ2v) is 22.1. The first kappa shape index (κ1) is 46.7. The molecule has 4 aliphatic heterocycles. The molecule has 4 saturated heterocycles. The second kappa shape index (κ2) is 18.1. The van der Waals surface area contributed by atoms with Gasteiger partial charge in [0.1, 0.15) is 35.4 Å². The number of aliphatic hydroxyl groups excluding tert-OH is 1. The maximum Gasteiger partial charge on any atom is 0.327 e. The molecule has 8 rings (SSSR count). The van der Waals surface area contributed by atoms with Crippen molar-refractivity contribution in [2.24, 2.45) is 22.7 Å². The fourth-order valence-corrected chi connectivity index (χ4v) is 12.2. The number of carbonyl (C=O) groups is 3. The largest absolute Gasteiger partial charge is 0.460 e. The fraction of sp³-hybridized carbons (Fsp3) is 0.784. The molecule has 2 bridgehead atoms. The Hall–Kier alpha value is -2.87. The number of nitrogens with one attached hydrogen (secondary N) is 1. The summed E-state index contributed by atoms with van der Waals surface area (Å²) >= 11 is 0. The van der Waals surface area contributed by atoms with Crippen molar-refractivity contribution in [3.63, 3.8) is 0 Å². The van der Waals surface area contributed by atoms with Gasteiger partial charge in [-0.15, -0.1) is 0 Å². The first-order chi connectivity index (χ1) is 29.9. The number of hydrogen-bond acceptors (Lipinski definition) is 11. The number of aliphatic hydroxyl groups is 1. The van der Waals surface area contributed by atoms with Gasteiger partial charge in [-0.25, -0.2) is 0 Å². The highest BCUT2D eigenvalue weighted by Crippen LogP contribution is 2.61. The monoisotopic (exact) mass is 877 g/mol. The predicted octanol–water partition coefficient (Wildman–Crippen LogP) is 8.50. The highest BCUT2D eigenvalue weighted by molar-refractivity contribution is 5.93. The molecule has 0 aromatic heterocycles. The molecule has 12 heteroatoms. The van der Waals surface area contributed by atoms with Crippen molar-refractivity contribution in [3.8, 4) is 0 Å². The number of rotatable bonds is 17. The van der Waals surface area contributed by atoms with E-state index in [1.807, 2.05) is 0 Å². The van der Waals surface area contributed by atoms with Crippen molar-refractivity contribution in [1.29, 1.82) is 0 Å². The number of hydrogen-bond donors (Lipinski definition) is 2. The molecule has 63 heavy (non-hydrogen) atoms. The summed E-state index contributed by atoms with van der Waals surface area (Å²) in [6, 6.07) is 6.64. The third-order valence-electron chi connectivity index (χ3n) is 15.7. The van der Waals surface area contributed by atoms with Crippen LogP contribution in [0.3, 0.4) is 0 Å². The molecule has 1 aromatic carbocycles. The zero-order valence-corrected chi connectivity index (χ0v) is 39.4. The average Bonchev–Trinajstić information content (AvgIpc) is 3.50. The Morgan fingerprint density at radius 2 is 1.67 bits per heavy atom. The SMILES string of the molecule is CCCCCC1(CCCCC)O[C@@H]2[C@H](O1)[C@H]1ON(Cc3ccc(C=C4CCC5O[C@]5(C)CC[C@@H]5[C@@H]4CC5(C)C)cc3)[C@@H]3C(=O)O[C@@H]2C[C@]13C(=O)N[C@H](CO)CCC(=O)OC(C)(C)C. The van der Waals surface area contributed by atoms with Gasteiger partial charge >= 0.3 is 11.9 Å². The number of hydroxylamine groups is 2. The summed E-state index contributed by atoms with van der Waals surface area (Å²) in [4.78, 5) is 49.0. The lowest BCUT2D eigenvalue weighted by molar-refractivity contribution is -0.224. The van der Waals surface area contributed by atoms with Crippen LogP contribution in [0.4, 0.5) is 0 Å². The number of nitrogens with zero attached hydrogens (tertiary/aromatic N) is 1. The van der Waals surface area contributed by atoms with E-state index in [4.69, 9.17) is 28.5 Å². The number of esters is 2. The van der Waals surface area contributed by atoms with Gasteiger partial charge in [-0.1, -0.05) is 89.3 Å². The summed E-state index contributed by atoms with van der Waals surface area (Å²) in [5, 5.41) is 15.2. The Labute approximate surface area is 375 Å². The summed E-state index contributed by atoms with van der Waals surface area (Å²) in [5.74, 6) is -1.01. The molecule has 4 heterocycles. The average molecular weight is 877 g/mol. The third-order valence-corrected chi connectivity index (χ3v) is 15.7. The van der Waals surface area contributed by atoms with E-state index in [0.717, 1.165) is 68.9 Å². The molecule has 1 amide bonds. The van der Waals surface area contributed by atoms with Crippen molar-refractivity contribution >= 4 is 23.9 Å². The smallest absolute Gasteiger partial charge is 0.327 e. The zero-order chi connectivity index (χ0) is 45.0. The number of fused-ring (bicyclic) bond motifs is 6. The fourth-order valence-electron chi connectivity index (χ4n) is 12.2. The van der Waals surface area contributed by atoms with Crippen LogP contribution in [0.15, 0.2) is 29.8 Å². The maximum absolute atomic E-state index is 15.0. The Kier molecular flexibility index (Phi) is 13.4. The number of ether oxygens (including phenoxy) is 5. The Balaban J connectivity index is 1.06. The van der Waals surface area contributed by atoms with Gasteiger partial charge in [-0.3, -0.25) is 19.2 Å². The van der Waals surface area contributed by atoms with E-state index in [1.54, 1.807) is 25.8 Å². The number of carbonyl (C=O) groups excluding carboxylic acids is 3. The summed E-state index contributed by atoms with van der Waals surface area (Å²) in [6.45, 7) is 16.7. The van der Waals surface area contributed by atoms with Crippen LogP contribution in [-0.2, 0) is 49.5 Å². The molecule has 1 unspecified atom stereocenters. The van der Waals surface area contributed by atoms with Crippen molar-refractivity contribution < 1.29 is 48.0 Å². The summed E-state index contributed by atoms with van der Waals surface area (Å²) in [6.07, 6.45) is 13.3. The van der Waals surface area contributed by atoms with Crippen molar-refractivity contribution in [2.75, 3.05) is 6.61 Å². The molecule has 0 spiro atoms. The molecule has 3 aliphatic carbocycles. The summed E-state index contributed by atoms with van der Waals surface area (Å²) in [5.41, 5.74) is 1.91. The number of allylic oxidation sites excluding steroid dienone is 1. The molecule has 350 valence electrons. The van der Waals surface area contributed by atoms with E-state index >= 15 is 4.79 Å². The molecule has 11 atom stereocenters. The van der Waals surface area contributed by atoms with Crippen LogP contribution in [-0.4, -0.2) is 94.2 Å². The minimum absolute atomic E-state index is 0.00981. The first-order valence-electron chi connectivity index (χ1n) is 24.5. The summed E-state index contributed by atoms with van der Waals surface area (Å²) < 4.78 is 32.0. The van der Waals surface area contributed by atoms with Crippen molar-refractivity contribution in [3.05, 3.63) is 41.0 Å². The molecular weight excluding hydrogens is 801 g/mol. The van der Waals surface area contributed by atoms with Gasteiger partial charge in [0.2, 0.25) is 5.91 Å². The van der Waals surface area contributed by atoms with Crippen LogP contribution in [0.2, 0.25) is 0 Å². The molecule has 3 saturated carbocycles. The lowest BCUT2D eigenvalue weighted by Crippen LogP contribution is -2.70. The van der Waals surface area contributed by atoms with E-state index in [9.17, 15) is 14.7 Å². The van der Waals surface area contributed by atoms with Crippen LogP contribution in [0, 0.1) is 22.7 Å². The number of amides is 1. The Morgan fingerprint density at radius 3 is 2.32 bits per heavy atom. The van der Waals surface area contributed by atoms with Gasteiger partial charge in [-0.05, 0) is 107 Å². The Bertz CT molecular complexity index is 1850. The highest BCUT2D eigenvalue weighted by atomic mass is 16.8. The maximum atomic E-state index is 15.0. The number of unbranched alkanes of at least 4 members (excludes halogenated alkanes) is 4. The number of epoxide rings is 1. The van der Waals surface area contributed by atoms with E-state index in [1.165, 1.54) is 18.4 Å². The van der Waals surface area contributed by atoms with Gasteiger partial charge in [-0.2, -0.15) is 5.06 Å². The minimum atomic E-state index is -1.40. The van der Waals surface area contributed by atoms with Crippen LogP contribution in [0.1, 0.15) is 169 Å². The van der Waals surface area contributed by atoms with Gasteiger partial charge < -0.3 is 34.1 Å². The molecule has 0 radical (unpaired) electrons. The minimum Gasteiger partial charge on any atom is -0.460 e. The van der Waals surface area contributed by atoms with E-state index in [0.29, 0.717) is 36.2 Å². The first-order valence-corrected chi connectivity index (χ1v) is 24.5. The predicted molar refractivity (Wildman–Crippen MR) is 238 cm³/mol. The van der Waals surface area contributed by atoms with E-state index in [-0.39, 0.29) is 31.4 Å². The third kappa shape index (κ3) is 9.42. The second-order valence-electron chi connectivity index (χ2n) is 22.1. The zero-order valence-electron chi connectivity index (χ0n) is 39.4. The van der Waals surface area contributed by atoms with E-state index in [2.05, 4.69) is 70.3 Å². The lowest BCUT2D eigenvalue weighted by atomic mass is 9.52. The molecule has 2 N–H and O–H groups in total. The quantitative estimate of drug-likeness (QED) is 0.0883. The normalized spacial score (nSPS) is 36.1. The van der Waals surface area contributed by atoms with Gasteiger partial charge in [0.25, 0.3) is 0 Å². The van der Waals surface area contributed by atoms with Crippen LogP contribution < -0.4 is 5.32 Å². The van der Waals surface area contributed by atoms with Gasteiger partial charge in [0.05, 0.1) is 30.9 Å². The molecular formula is C51H76N2O10. The molecule has 7 fully saturated rings. The van der Waals surface area contributed by atoms with Crippen molar-refractivity contribution in [2.45, 2.75) is 224 Å². The standard InChI is InChI=1S/C51H76N2O10/c1-9-11-13-24-50(25-14-12-10-2)61-41-38-29-51(46(57)52-35(31-54)20-22-40(55)60-47(3,4)5)43(45(56)58-38)53(63-44(51)42(41)62-50)30-33-17-15-32(16-18-33)27-34-19-21-39-49(8,59-39)26-23-37-36(34)28-48(37,6)7/h15-18,27,35-39,41-44,54H,9-14,19-26,28-31H2,1-8H3,(H,52,57)/t35-,36+,37+,38+,39?,41-,42-,43+,44+,49+,51+/m0/s1. The summed E-state index contributed by atoms with van der Waals surface area (Å²) in [7, 11) is 0. The topological polar surface area (TPSA) is 145 Å². The number of benzene rings is 1. The molecule has 12 nitrogen and oxygen atoms in total. The van der Waals surface area contributed by atoms with Crippen molar-refractivity contribution in [1.82, 2.24) is 10.4 Å². The lowest BCUT2D eigenvalue weighted by Gasteiger charge is -2.53.